The molecule has 0 aliphatic heterocycles. The van der Waals surface area contributed by atoms with Gasteiger partial charge in [0.2, 0.25) is 0 Å². The second-order valence-electron chi connectivity index (χ2n) is 4.13. The zero-order chi connectivity index (χ0) is 12.3. The first kappa shape index (κ1) is 12.1. The Kier molecular flexibility index (Phi) is 3.78. The number of carbonyl (C=O) groups is 1. The molecule has 1 aromatic carbocycles. The number of benzene rings is 1. The third kappa shape index (κ3) is 2.85. The molecule has 0 unspecified atom stereocenters. The maximum atomic E-state index is 10.9. The molecule has 90 valence electrons. The van der Waals surface area contributed by atoms with E-state index in [9.17, 15) is 14.9 Å². The second-order valence-corrected chi connectivity index (χ2v) is 5.47. The zero-order valence-electron chi connectivity index (χ0n) is 9.30. The van der Waals surface area contributed by atoms with Crippen LogP contribution in [0.5, 0.6) is 0 Å². The Balaban J connectivity index is 2.25. The molecule has 5 heteroatoms. The van der Waals surface area contributed by atoms with Crippen LogP contribution in [0, 0.1) is 10.1 Å². The Hall–Kier alpha value is -1.36. The van der Waals surface area contributed by atoms with Crippen LogP contribution in [-0.4, -0.2) is 16.5 Å². The fourth-order valence-electron chi connectivity index (χ4n) is 2.04. The molecule has 1 fully saturated rings. The monoisotopic (exact) mass is 251 g/mol. The lowest BCUT2D eigenvalue weighted by Crippen LogP contribution is -1.98. The van der Waals surface area contributed by atoms with Crippen molar-refractivity contribution in [3.8, 4) is 0 Å². The van der Waals surface area contributed by atoms with Gasteiger partial charge in [-0.15, -0.1) is 11.8 Å². The molecule has 1 saturated carbocycles. The minimum absolute atomic E-state index is 0.0477. The number of nitro benzene ring substituents is 1. The van der Waals surface area contributed by atoms with Gasteiger partial charge in [-0.25, -0.2) is 0 Å². The van der Waals surface area contributed by atoms with Crippen molar-refractivity contribution in [3.05, 3.63) is 33.9 Å². The molecule has 0 bridgehead atoms. The van der Waals surface area contributed by atoms with Gasteiger partial charge >= 0.3 is 0 Å². The standard InChI is InChI=1S/C12H13NO3S/c14-8-9-5-6-12(11(7-9)13(15)16)17-10-3-1-2-4-10/h5-8,10H,1-4H2. The fourth-order valence-corrected chi connectivity index (χ4v) is 3.36. The number of thioether (sulfide) groups is 1. The third-order valence-corrected chi connectivity index (χ3v) is 4.32. The highest BCUT2D eigenvalue weighted by Gasteiger charge is 2.21. The molecule has 1 aliphatic rings. The van der Waals surface area contributed by atoms with Crippen molar-refractivity contribution in [2.45, 2.75) is 35.8 Å². The molecule has 0 amide bonds. The van der Waals surface area contributed by atoms with Crippen molar-refractivity contribution >= 4 is 23.7 Å². The fraction of sp³-hybridized carbons (Fsp3) is 0.417. The van der Waals surface area contributed by atoms with Crippen molar-refractivity contribution in [1.29, 1.82) is 0 Å². The molecular formula is C12H13NO3S. The van der Waals surface area contributed by atoms with Crippen LogP contribution in [0.3, 0.4) is 0 Å². The highest BCUT2D eigenvalue weighted by atomic mass is 32.2. The van der Waals surface area contributed by atoms with Crippen molar-refractivity contribution in [2.24, 2.45) is 0 Å². The van der Waals surface area contributed by atoms with Gasteiger partial charge in [0.25, 0.3) is 5.69 Å². The molecule has 0 heterocycles. The van der Waals surface area contributed by atoms with E-state index in [4.69, 9.17) is 0 Å². The van der Waals surface area contributed by atoms with E-state index in [2.05, 4.69) is 0 Å². The van der Waals surface area contributed by atoms with Crippen molar-refractivity contribution in [3.63, 3.8) is 0 Å². The maximum Gasteiger partial charge on any atom is 0.283 e. The van der Waals surface area contributed by atoms with E-state index in [-0.39, 0.29) is 5.69 Å². The summed E-state index contributed by atoms with van der Waals surface area (Å²) in [6, 6.07) is 4.67. The minimum Gasteiger partial charge on any atom is -0.298 e. The molecule has 1 aliphatic carbocycles. The predicted molar refractivity (Wildman–Crippen MR) is 66.6 cm³/mol. The van der Waals surface area contributed by atoms with E-state index >= 15 is 0 Å². The smallest absolute Gasteiger partial charge is 0.283 e. The molecule has 0 N–H and O–H groups in total. The number of nitro groups is 1. The normalized spacial score (nSPS) is 16.0. The van der Waals surface area contributed by atoms with Crippen LogP contribution in [0.15, 0.2) is 23.1 Å². The number of carbonyl (C=O) groups excluding carboxylic acids is 1. The first-order chi connectivity index (χ1) is 8.20. The van der Waals surface area contributed by atoms with E-state index in [0.717, 1.165) is 12.8 Å². The molecular weight excluding hydrogens is 238 g/mol. The summed E-state index contributed by atoms with van der Waals surface area (Å²) >= 11 is 1.57. The molecule has 0 atom stereocenters. The lowest BCUT2D eigenvalue weighted by Gasteiger charge is -2.08. The lowest BCUT2D eigenvalue weighted by molar-refractivity contribution is -0.387. The second kappa shape index (κ2) is 5.31. The molecule has 0 radical (unpaired) electrons. The Bertz CT molecular complexity index is 441. The maximum absolute atomic E-state index is 10.9. The number of hydrogen-bond acceptors (Lipinski definition) is 4. The average molecular weight is 251 g/mol. The third-order valence-electron chi connectivity index (χ3n) is 2.91. The van der Waals surface area contributed by atoms with E-state index in [1.807, 2.05) is 0 Å². The average Bonchev–Trinajstić information content (AvgIpc) is 2.82. The molecule has 0 spiro atoms. The summed E-state index contributed by atoms with van der Waals surface area (Å²) in [6.07, 6.45) is 5.29. The Labute approximate surface area is 104 Å². The number of hydrogen-bond donors (Lipinski definition) is 0. The van der Waals surface area contributed by atoms with Crippen LogP contribution < -0.4 is 0 Å². The molecule has 0 saturated heterocycles. The molecule has 2 rings (SSSR count). The Morgan fingerprint density at radius 1 is 1.35 bits per heavy atom. The quantitative estimate of drug-likeness (QED) is 0.467. The van der Waals surface area contributed by atoms with Crippen LogP contribution in [0.2, 0.25) is 0 Å². The number of aldehydes is 1. The first-order valence-electron chi connectivity index (χ1n) is 5.61. The van der Waals surface area contributed by atoms with Gasteiger partial charge in [-0.1, -0.05) is 18.9 Å². The van der Waals surface area contributed by atoms with Gasteiger partial charge in [0.15, 0.2) is 0 Å². The van der Waals surface area contributed by atoms with Crippen LogP contribution in [0.25, 0.3) is 0 Å². The van der Waals surface area contributed by atoms with Crippen molar-refractivity contribution < 1.29 is 9.72 Å². The summed E-state index contributed by atoms with van der Waals surface area (Å²) in [7, 11) is 0. The predicted octanol–water partition coefficient (Wildman–Crippen LogP) is 3.44. The SMILES string of the molecule is O=Cc1ccc(SC2CCCC2)c([N+](=O)[O-])c1. The van der Waals surface area contributed by atoms with Gasteiger partial charge < -0.3 is 0 Å². The summed E-state index contributed by atoms with van der Waals surface area (Å²) in [4.78, 5) is 21.8. The lowest BCUT2D eigenvalue weighted by atomic mass is 10.2. The van der Waals surface area contributed by atoms with Gasteiger partial charge in [0.05, 0.1) is 9.82 Å². The molecule has 0 aromatic heterocycles. The number of nitrogens with zero attached hydrogens (tertiary/aromatic N) is 1. The topological polar surface area (TPSA) is 60.2 Å². The minimum atomic E-state index is -0.412. The van der Waals surface area contributed by atoms with Gasteiger partial charge in [-0.2, -0.15) is 0 Å². The summed E-state index contributed by atoms with van der Waals surface area (Å²) in [5.74, 6) is 0. The molecule has 4 nitrogen and oxygen atoms in total. The largest absolute Gasteiger partial charge is 0.298 e. The summed E-state index contributed by atoms with van der Waals surface area (Å²) < 4.78 is 0. The van der Waals surface area contributed by atoms with E-state index in [0.29, 0.717) is 22.0 Å². The van der Waals surface area contributed by atoms with E-state index < -0.39 is 4.92 Å². The van der Waals surface area contributed by atoms with E-state index in [1.54, 1.807) is 23.9 Å². The highest BCUT2D eigenvalue weighted by Crippen LogP contribution is 2.39. The highest BCUT2D eigenvalue weighted by molar-refractivity contribution is 8.00. The van der Waals surface area contributed by atoms with Crippen LogP contribution in [0.1, 0.15) is 36.0 Å². The van der Waals surface area contributed by atoms with Crippen molar-refractivity contribution in [2.75, 3.05) is 0 Å². The van der Waals surface area contributed by atoms with Crippen LogP contribution in [0.4, 0.5) is 5.69 Å². The van der Waals surface area contributed by atoms with E-state index in [1.165, 1.54) is 18.9 Å². The molecule has 17 heavy (non-hydrogen) atoms. The first-order valence-corrected chi connectivity index (χ1v) is 6.49. The summed E-state index contributed by atoms with van der Waals surface area (Å²) in [5.41, 5.74) is 0.402. The summed E-state index contributed by atoms with van der Waals surface area (Å²) in [5, 5.41) is 11.4. The van der Waals surface area contributed by atoms with Gasteiger partial charge in [0.1, 0.15) is 6.29 Å². The van der Waals surface area contributed by atoms with Gasteiger partial charge in [0, 0.05) is 16.9 Å². The van der Waals surface area contributed by atoms with Gasteiger partial charge in [-0.05, 0) is 18.9 Å². The van der Waals surface area contributed by atoms with Crippen LogP contribution in [-0.2, 0) is 0 Å². The number of rotatable bonds is 4. The van der Waals surface area contributed by atoms with Crippen molar-refractivity contribution in [1.82, 2.24) is 0 Å². The van der Waals surface area contributed by atoms with Gasteiger partial charge in [-0.3, -0.25) is 14.9 Å². The summed E-state index contributed by atoms with van der Waals surface area (Å²) in [6.45, 7) is 0. The Morgan fingerprint density at radius 3 is 2.65 bits per heavy atom. The zero-order valence-corrected chi connectivity index (χ0v) is 10.1. The Morgan fingerprint density at radius 2 is 2.06 bits per heavy atom. The van der Waals surface area contributed by atoms with Crippen LogP contribution >= 0.6 is 11.8 Å². The molecule has 1 aromatic rings.